The van der Waals surface area contributed by atoms with Gasteiger partial charge in [-0.15, -0.1) is 0 Å². The molecule has 1 aliphatic rings. The number of hydrogen-bond donors (Lipinski definition) is 2. The van der Waals surface area contributed by atoms with Crippen molar-refractivity contribution >= 4 is 11.9 Å². The number of carbonyl (C=O) groups excluding carboxylic acids is 1. The highest BCUT2D eigenvalue weighted by atomic mass is 16.4. The molecule has 0 radical (unpaired) electrons. The van der Waals surface area contributed by atoms with Gasteiger partial charge in [0.2, 0.25) is 5.91 Å². The third kappa shape index (κ3) is 4.59. The maximum Gasteiger partial charge on any atom is 0.305 e. The van der Waals surface area contributed by atoms with Crippen LogP contribution < -0.4 is 5.32 Å². The Labute approximate surface area is 95.2 Å². The zero-order chi connectivity index (χ0) is 12.1. The molecule has 1 heterocycles. The van der Waals surface area contributed by atoms with Crippen LogP contribution in [0.2, 0.25) is 0 Å². The minimum Gasteiger partial charge on any atom is -0.481 e. The summed E-state index contributed by atoms with van der Waals surface area (Å²) in [5, 5.41) is 11.4. The number of nitrogens with zero attached hydrogens (tertiary/aromatic N) is 2. The van der Waals surface area contributed by atoms with Crippen LogP contribution in [0.15, 0.2) is 0 Å². The Bertz CT molecular complexity index is 266. The highest BCUT2D eigenvalue weighted by molar-refractivity contribution is 5.80. The SMILES string of the molecule is CN(C)CCN1CC(=O)NC(CC(=O)O)C1. The number of likely N-dealkylation sites (N-methyl/N-ethyl adjacent to an activating group) is 1. The van der Waals surface area contributed by atoms with E-state index in [1.807, 2.05) is 23.9 Å². The third-order valence-electron chi connectivity index (χ3n) is 2.50. The zero-order valence-electron chi connectivity index (χ0n) is 9.77. The molecule has 1 amide bonds. The minimum absolute atomic E-state index is 0.00972. The van der Waals surface area contributed by atoms with Gasteiger partial charge in [-0.1, -0.05) is 0 Å². The van der Waals surface area contributed by atoms with Crippen LogP contribution in [0.3, 0.4) is 0 Å². The molecule has 0 spiro atoms. The van der Waals surface area contributed by atoms with Gasteiger partial charge >= 0.3 is 5.97 Å². The first-order chi connectivity index (χ1) is 7.47. The van der Waals surface area contributed by atoms with Gasteiger partial charge in [0.05, 0.1) is 19.0 Å². The van der Waals surface area contributed by atoms with Gasteiger partial charge in [-0.3, -0.25) is 14.5 Å². The largest absolute Gasteiger partial charge is 0.481 e. The molecular weight excluding hydrogens is 210 g/mol. The van der Waals surface area contributed by atoms with E-state index in [2.05, 4.69) is 5.32 Å². The Morgan fingerprint density at radius 1 is 1.62 bits per heavy atom. The number of aliphatic carboxylic acids is 1. The van der Waals surface area contributed by atoms with Gasteiger partial charge in [0.25, 0.3) is 0 Å². The van der Waals surface area contributed by atoms with Crippen molar-refractivity contribution in [2.45, 2.75) is 12.5 Å². The monoisotopic (exact) mass is 229 g/mol. The van der Waals surface area contributed by atoms with E-state index in [1.54, 1.807) is 0 Å². The van der Waals surface area contributed by atoms with Crippen LogP contribution in [-0.4, -0.2) is 73.1 Å². The number of nitrogens with one attached hydrogen (secondary N) is 1. The van der Waals surface area contributed by atoms with E-state index in [0.717, 1.165) is 13.1 Å². The van der Waals surface area contributed by atoms with E-state index in [4.69, 9.17) is 5.11 Å². The predicted octanol–water partition coefficient (Wildman–Crippen LogP) is -1.18. The van der Waals surface area contributed by atoms with Gasteiger partial charge in [-0.25, -0.2) is 0 Å². The average Bonchev–Trinajstić information content (AvgIpc) is 2.12. The number of amides is 1. The lowest BCUT2D eigenvalue weighted by Crippen LogP contribution is -2.55. The molecule has 92 valence electrons. The van der Waals surface area contributed by atoms with Crippen LogP contribution in [0.5, 0.6) is 0 Å². The summed E-state index contributed by atoms with van der Waals surface area (Å²) in [5.41, 5.74) is 0. The molecule has 1 rings (SSSR count). The quantitative estimate of drug-likeness (QED) is 0.621. The molecule has 16 heavy (non-hydrogen) atoms. The van der Waals surface area contributed by atoms with E-state index in [9.17, 15) is 9.59 Å². The Morgan fingerprint density at radius 2 is 2.31 bits per heavy atom. The van der Waals surface area contributed by atoms with Crippen molar-refractivity contribution < 1.29 is 14.7 Å². The van der Waals surface area contributed by atoms with E-state index in [1.165, 1.54) is 0 Å². The standard InChI is InChI=1S/C10H19N3O3/c1-12(2)3-4-13-6-8(5-10(15)16)11-9(14)7-13/h8H,3-7H2,1-2H3,(H,11,14)(H,15,16). The van der Waals surface area contributed by atoms with Crippen molar-refractivity contribution in [2.24, 2.45) is 0 Å². The molecule has 0 saturated carbocycles. The molecule has 2 N–H and O–H groups in total. The summed E-state index contributed by atoms with van der Waals surface area (Å²) in [6.07, 6.45) is -0.00972. The Balaban J connectivity index is 2.41. The van der Waals surface area contributed by atoms with Crippen LogP contribution in [-0.2, 0) is 9.59 Å². The fraction of sp³-hybridized carbons (Fsp3) is 0.800. The van der Waals surface area contributed by atoms with E-state index >= 15 is 0 Å². The molecule has 0 aromatic rings. The van der Waals surface area contributed by atoms with E-state index in [-0.39, 0.29) is 18.4 Å². The first-order valence-electron chi connectivity index (χ1n) is 5.35. The van der Waals surface area contributed by atoms with Crippen molar-refractivity contribution in [1.82, 2.24) is 15.1 Å². The minimum atomic E-state index is -0.875. The normalized spacial score (nSPS) is 22.2. The topological polar surface area (TPSA) is 72.9 Å². The molecule has 0 bridgehead atoms. The van der Waals surface area contributed by atoms with Crippen LogP contribution in [0.1, 0.15) is 6.42 Å². The summed E-state index contributed by atoms with van der Waals surface area (Å²) in [4.78, 5) is 26.0. The summed E-state index contributed by atoms with van der Waals surface area (Å²) in [5.74, 6) is -0.962. The van der Waals surface area contributed by atoms with Crippen LogP contribution in [0.4, 0.5) is 0 Å². The van der Waals surface area contributed by atoms with Gasteiger partial charge in [-0.2, -0.15) is 0 Å². The molecule has 0 aromatic carbocycles. The first kappa shape index (κ1) is 12.9. The molecule has 6 heteroatoms. The summed E-state index contributed by atoms with van der Waals surface area (Å²) in [6, 6.07) is -0.263. The summed E-state index contributed by atoms with van der Waals surface area (Å²) in [7, 11) is 3.94. The highest BCUT2D eigenvalue weighted by Crippen LogP contribution is 2.03. The van der Waals surface area contributed by atoms with Crippen molar-refractivity contribution in [3.05, 3.63) is 0 Å². The molecular formula is C10H19N3O3. The second-order valence-electron chi connectivity index (χ2n) is 4.40. The lowest BCUT2D eigenvalue weighted by molar-refractivity contribution is -0.138. The number of carboxylic acids is 1. The van der Waals surface area contributed by atoms with Crippen molar-refractivity contribution in [2.75, 3.05) is 40.3 Å². The third-order valence-corrected chi connectivity index (χ3v) is 2.50. The highest BCUT2D eigenvalue weighted by Gasteiger charge is 2.25. The lowest BCUT2D eigenvalue weighted by Gasteiger charge is -2.32. The Kier molecular flexibility index (Phi) is 4.70. The maximum absolute atomic E-state index is 11.4. The molecule has 1 unspecified atom stereocenters. The number of rotatable bonds is 5. The number of hydrogen-bond acceptors (Lipinski definition) is 4. The predicted molar refractivity (Wildman–Crippen MR) is 59.2 cm³/mol. The van der Waals surface area contributed by atoms with Gasteiger partial charge in [0.15, 0.2) is 0 Å². The number of piperazine rings is 1. The lowest BCUT2D eigenvalue weighted by atomic mass is 10.1. The zero-order valence-corrected chi connectivity index (χ0v) is 9.77. The summed E-state index contributed by atoms with van der Waals surface area (Å²) >= 11 is 0. The van der Waals surface area contributed by atoms with Crippen molar-refractivity contribution in [1.29, 1.82) is 0 Å². The average molecular weight is 229 g/mol. The van der Waals surface area contributed by atoms with E-state index in [0.29, 0.717) is 13.1 Å². The molecule has 1 atom stereocenters. The van der Waals surface area contributed by atoms with Crippen LogP contribution >= 0.6 is 0 Å². The Hall–Kier alpha value is -1.14. The molecule has 0 aromatic heterocycles. The number of carbonyl (C=O) groups is 2. The molecule has 1 saturated heterocycles. The number of carboxylic acid groups (broad SMARTS) is 1. The van der Waals surface area contributed by atoms with Crippen LogP contribution in [0.25, 0.3) is 0 Å². The maximum atomic E-state index is 11.4. The summed E-state index contributed by atoms with van der Waals surface area (Å²) in [6.45, 7) is 2.64. The molecule has 1 aliphatic heterocycles. The van der Waals surface area contributed by atoms with Gasteiger partial charge in [0.1, 0.15) is 0 Å². The second-order valence-corrected chi connectivity index (χ2v) is 4.40. The van der Waals surface area contributed by atoms with Crippen molar-refractivity contribution in [3.63, 3.8) is 0 Å². The molecule has 1 fully saturated rings. The van der Waals surface area contributed by atoms with Gasteiger partial charge < -0.3 is 15.3 Å². The van der Waals surface area contributed by atoms with Crippen molar-refractivity contribution in [3.8, 4) is 0 Å². The fourth-order valence-electron chi connectivity index (χ4n) is 1.74. The van der Waals surface area contributed by atoms with Crippen LogP contribution in [0, 0.1) is 0 Å². The smallest absolute Gasteiger partial charge is 0.305 e. The molecule has 0 aliphatic carbocycles. The van der Waals surface area contributed by atoms with Gasteiger partial charge in [-0.05, 0) is 14.1 Å². The fourth-order valence-corrected chi connectivity index (χ4v) is 1.74. The Morgan fingerprint density at radius 3 is 2.88 bits per heavy atom. The van der Waals surface area contributed by atoms with E-state index < -0.39 is 5.97 Å². The first-order valence-corrected chi connectivity index (χ1v) is 5.35. The second kappa shape index (κ2) is 5.81. The van der Waals surface area contributed by atoms with Gasteiger partial charge in [0, 0.05) is 19.6 Å². The summed E-state index contributed by atoms with van der Waals surface area (Å²) < 4.78 is 0. The molecule has 6 nitrogen and oxygen atoms in total.